The Morgan fingerprint density at radius 2 is 1.06 bits per heavy atom. The van der Waals surface area contributed by atoms with Crippen LogP contribution in [-0.2, 0) is 18.3 Å². The molecule has 0 saturated carbocycles. The van der Waals surface area contributed by atoms with Gasteiger partial charge in [-0.25, -0.2) is 19.9 Å². The third-order valence-corrected chi connectivity index (χ3v) is 11.8. The molecule has 0 radical (unpaired) electrons. The maximum atomic E-state index is 5.24. The van der Waals surface area contributed by atoms with E-state index in [0.717, 1.165) is 51.4 Å². The summed E-state index contributed by atoms with van der Waals surface area (Å²) < 4.78 is 0. The second kappa shape index (κ2) is 12.0. The van der Waals surface area contributed by atoms with E-state index in [1.807, 2.05) is 47.7 Å². The average molecular weight is 687 g/mol. The molecule has 5 heteroatoms. The van der Waals surface area contributed by atoms with Gasteiger partial charge in [-0.05, 0) is 70.0 Å². The number of thiazole rings is 1. The number of hydrogen-bond acceptors (Lipinski definition) is 5. The Morgan fingerprint density at radius 3 is 1.75 bits per heavy atom. The highest BCUT2D eigenvalue weighted by atomic mass is 32.1. The number of hydrogen-bond donors (Lipinski definition) is 0. The van der Waals surface area contributed by atoms with Crippen LogP contribution in [0.25, 0.3) is 78.2 Å². The van der Waals surface area contributed by atoms with Gasteiger partial charge < -0.3 is 0 Å². The smallest absolute Gasteiger partial charge is 0.164 e. The summed E-state index contributed by atoms with van der Waals surface area (Å²) in [6.45, 7) is 4.67. The lowest BCUT2D eigenvalue weighted by atomic mass is 9.80. The van der Waals surface area contributed by atoms with E-state index in [2.05, 4.69) is 123 Å². The van der Waals surface area contributed by atoms with Gasteiger partial charge >= 0.3 is 0 Å². The van der Waals surface area contributed by atoms with Crippen molar-refractivity contribution in [1.29, 1.82) is 0 Å². The van der Waals surface area contributed by atoms with E-state index < -0.39 is 0 Å². The highest BCUT2D eigenvalue weighted by Gasteiger charge is 2.38. The largest absolute Gasteiger partial charge is 0.236 e. The molecular weight excluding hydrogens is 653 g/mol. The van der Waals surface area contributed by atoms with Gasteiger partial charge in [-0.2, -0.15) is 0 Å². The third-order valence-electron chi connectivity index (χ3n) is 10.7. The molecule has 52 heavy (non-hydrogen) atoms. The zero-order chi connectivity index (χ0) is 34.8. The molecule has 2 aliphatic rings. The molecular formula is C47H34N4S. The fraction of sp³-hybridized carbons (Fsp3) is 0.106. The van der Waals surface area contributed by atoms with Gasteiger partial charge in [0.05, 0.1) is 5.69 Å². The van der Waals surface area contributed by atoms with Gasteiger partial charge in [-0.3, -0.25) is 0 Å². The van der Waals surface area contributed by atoms with Gasteiger partial charge in [0.15, 0.2) is 17.5 Å². The first-order chi connectivity index (χ1) is 25.5. The number of benzene rings is 6. The molecule has 2 aliphatic carbocycles. The highest BCUT2D eigenvalue weighted by molar-refractivity contribution is 7.15. The molecule has 0 aliphatic heterocycles. The van der Waals surface area contributed by atoms with Crippen LogP contribution in [0.3, 0.4) is 0 Å². The zero-order valence-electron chi connectivity index (χ0n) is 29.0. The second-order valence-corrected chi connectivity index (χ2v) is 15.3. The molecule has 2 heterocycles. The van der Waals surface area contributed by atoms with Crippen molar-refractivity contribution in [2.24, 2.45) is 0 Å². The molecule has 0 spiro atoms. The van der Waals surface area contributed by atoms with Crippen molar-refractivity contribution in [3.05, 3.63) is 167 Å². The molecule has 0 fully saturated rings. The topological polar surface area (TPSA) is 51.6 Å². The Morgan fingerprint density at radius 1 is 0.462 bits per heavy atom. The SMILES string of the molecule is CC1(C)c2ccccc2-c2c(-c3nc(-c4ccccc4)nc(-c4ccccc4)n3)cc(-c3ccc4c(c3)-c3nc(-c5ccccc5)sc3CC4)cc21. The number of aryl methyl sites for hydroxylation is 2. The van der Waals surface area contributed by atoms with Crippen LogP contribution in [0.5, 0.6) is 0 Å². The molecule has 4 nitrogen and oxygen atoms in total. The maximum absolute atomic E-state index is 5.24. The quantitative estimate of drug-likeness (QED) is 0.181. The van der Waals surface area contributed by atoms with Crippen molar-refractivity contribution in [2.45, 2.75) is 32.1 Å². The number of nitrogens with zero attached hydrogens (tertiary/aromatic N) is 4. The van der Waals surface area contributed by atoms with Gasteiger partial charge in [-0.1, -0.05) is 141 Å². The van der Waals surface area contributed by atoms with Crippen molar-refractivity contribution < 1.29 is 0 Å². The normalized spacial score (nSPS) is 13.6. The molecule has 0 unspecified atom stereocenters. The van der Waals surface area contributed by atoms with Crippen LogP contribution in [0, 0.1) is 0 Å². The Balaban J connectivity index is 1.20. The summed E-state index contributed by atoms with van der Waals surface area (Å²) in [6.07, 6.45) is 2.04. The van der Waals surface area contributed by atoms with E-state index in [-0.39, 0.29) is 5.41 Å². The molecule has 0 N–H and O–H groups in total. The van der Waals surface area contributed by atoms with Crippen molar-refractivity contribution in [3.8, 4) is 78.2 Å². The lowest BCUT2D eigenvalue weighted by molar-refractivity contribution is 0.660. The van der Waals surface area contributed by atoms with Crippen LogP contribution in [0.15, 0.2) is 146 Å². The van der Waals surface area contributed by atoms with Crippen molar-refractivity contribution in [1.82, 2.24) is 19.9 Å². The van der Waals surface area contributed by atoms with Crippen LogP contribution in [0.1, 0.15) is 35.4 Å². The van der Waals surface area contributed by atoms with Crippen molar-refractivity contribution in [3.63, 3.8) is 0 Å². The summed E-state index contributed by atoms with van der Waals surface area (Å²) in [4.78, 5) is 22.1. The van der Waals surface area contributed by atoms with Crippen molar-refractivity contribution >= 4 is 11.3 Å². The van der Waals surface area contributed by atoms with Gasteiger partial charge in [0, 0.05) is 38.1 Å². The maximum Gasteiger partial charge on any atom is 0.164 e. The molecule has 6 aromatic carbocycles. The Bertz CT molecular complexity index is 2590. The van der Waals surface area contributed by atoms with E-state index in [0.29, 0.717) is 17.5 Å². The summed E-state index contributed by atoms with van der Waals surface area (Å²) >= 11 is 1.83. The summed E-state index contributed by atoms with van der Waals surface area (Å²) in [5, 5.41) is 1.08. The third kappa shape index (κ3) is 5.03. The van der Waals surface area contributed by atoms with Crippen LogP contribution in [0.4, 0.5) is 0 Å². The second-order valence-electron chi connectivity index (χ2n) is 14.2. The van der Waals surface area contributed by atoms with Crippen LogP contribution in [0.2, 0.25) is 0 Å². The lowest BCUT2D eigenvalue weighted by Gasteiger charge is -2.23. The monoisotopic (exact) mass is 686 g/mol. The molecule has 0 saturated heterocycles. The molecule has 0 bridgehead atoms. The number of rotatable bonds is 5. The number of fused-ring (bicyclic) bond motifs is 6. The zero-order valence-corrected chi connectivity index (χ0v) is 29.8. The Hall–Kier alpha value is -6.04. The van der Waals surface area contributed by atoms with E-state index in [4.69, 9.17) is 19.9 Å². The van der Waals surface area contributed by atoms with E-state index in [1.165, 1.54) is 43.8 Å². The van der Waals surface area contributed by atoms with Gasteiger partial charge in [0.25, 0.3) is 0 Å². The van der Waals surface area contributed by atoms with Crippen LogP contribution < -0.4 is 0 Å². The van der Waals surface area contributed by atoms with E-state index in [9.17, 15) is 0 Å². The standard InChI is InChI=1S/C47H34N4S/c1-47(2)38-21-13-12-20-35(38)41-37(45-50-43(30-14-6-3-7-15-30)49-44(51-45)31-16-8-4-9-17-31)27-34(28-39(41)47)33-23-22-29-24-25-40-42(36(29)26-33)48-46(52-40)32-18-10-5-11-19-32/h3-23,26-28H,24-25H2,1-2H3. The lowest BCUT2D eigenvalue weighted by Crippen LogP contribution is -2.15. The van der Waals surface area contributed by atoms with Gasteiger partial charge in [0.2, 0.25) is 0 Å². The van der Waals surface area contributed by atoms with Gasteiger partial charge in [-0.15, -0.1) is 11.3 Å². The Kier molecular flexibility index (Phi) is 7.12. The molecule has 248 valence electrons. The van der Waals surface area contributed by atoms with E-state index >= 15 is 0 Å². The molecule has 8 aromatic rings. The first-order valence-electron chi connectivity index (χ1n) is 17.9. The molecule has 0 atom stereocenters. The minimum absolute atomic E-state index is 0.213. The molecule has 10 rings (SSSR count). The summed E-state index contributed by atoms with van der Waals surface area (Å²) in [5.41, 5.74) is 14.9. The van der Waals surface area contributed by atoms with Gasteiger partial charge in [0.1, 0.15) is 5.01 Å². The minimum Gasteiger partial charge on any atom is -0.236 e. The van der Waals surface area contributed by atoms with E-state index in [1.54, 1.807) is 0 Å². The predicted octanol–water partition coefficient (Wildman–Crippen LogP) is 11.7. The summed E-state index contributed by atoms with van der Waals surface area (Å²) in [7, 11) is 0. The fourth-order valence-corrected chi connectivity index (χ4v) is 9.05. The Labute approximate surface area is 307 Å². The van der Waals surface area contributed by atoms with Crippen molar-refractivity contribution in [2.75, 3.05) is 0 Å². The van der Waals surface area contributed by atoms with Crippen LogP contribution >= 0.6 is 11.3 Å². The minimum atomic E-state index is -0.213. The average Bonchev–Trinajstić information content (AvgIpc) is 3.75. The molecule has 0 amide bonds. The number of aromatic nitrogens is 4. The van der Waals surface area contributed by atoms with Crippen LogP contribution in [-0.4, -0.2) is 19.9 Å². The molecule has 2 aromatic heterocycles. The summed E-state index contributed by atoms with van der Waals surface area (Å²) in [6, 6.07) is 51.4. The predicted molar refractivity (Wildman–Crippen MR) is 213 cm³/mol. The first kappa shape index (κ1) is 30.8. The fourth-order valence-electron chi connectivity index (χ4n) is 7.97. The highest BCUT2D eigenvalue weighted by Crippen LogP contribution is 2.53. The summed E-state index contributed by atoms with van der Waals surface area (Å²) in [5.74, 6) is 1.99. The first-order valence-corrected chi connectivity index (χ1v) is 18.7.